The molecule has 3 aromatic rings. The zero-order valence-corrected chi connectivity index (χ0v) is 20.4. The Bertz CT molecular complexity index is 1160. The molecule has 8 nitrogen and oxygen atoms in total. The molecule has 2 aromatic carbocycles. The molecule has 0 saturated carbocycles. The molecule has 0 aliphatic heterocycles. The second-order valence-corrected chi connectivity index (χ2v) is 7.63. The normalized spacial score (nSPS) is 10.5. The molecule has 1 heterocycles. The fraction of sp³-hybridized carbons (Fsp3) is 0.261. The lowest BCUT2D eigenvalue weighted by molar-refractivity contribution is 0.0948. The lowest BCUT2D eigenvalue weighted by Gasteiger charge is -2.15. The number of alkyl halides is 2. The van der Waals surface area contributed by atoms with Crippen LogP contribution in [0.25, 0.3) is 10.9 Å². The van der Waals surface area contributed by atoms with E-state index in [1.54, 1.807) is 36.5 Å². The lowest BCUT2D eigenvalue weighted by atomic mass is 10.1. The Balaban J connectivity index is 1.95. The number of amides is 3. The smallest absolute Gasteiger partial charge is 0.319 e. The Morgan fingerprint density at radius 2 is 1.94 bits per heavy atom. The molecule has 0 atom stereocenters. The van der Waals surface area contributed by atoms with E-state index >= 15 is 0 Å². The molecule has 0 aliphatic carbocycles. The van der Waals surface area contributed by atoms with Gasteiger partial charge in [0.15, 0.2) is 0 Å². The average Bonchev–Trinajstić information content (AvgIpc) is 2.82. The van der Waals surface area contributed by atoms with E-state index in [1.807, 2.05) is 13.0 Å². The maximum atomic E-state index is 12.5. The molecule has 10 heteroatoms. The van der Waals surface area contributed by atoms with E-state index in [9.17, 15) is 14.0 Å². The van der Waals surface area contributed by atoms with E-state index in [0.29, 0.717) is 44.8 Å². The van der Waals surface area contributed by atoms with Crippen LogP contribution < -0.4 is 25.4 Å². The number of ether oxygens (including phenoxy) is 2. The van der Waals surface area contributed by atoms with Crippen LogP contribution in [-0.2, 0) is 4.43 Å². The van der Waals surface area contributed by atoms with Crippen LogP contribution in [-0.4, -0.2) is 43.8 Å². The maximum Gasteiger partial charge on any atom is 0.319 e. The molecule has 3 rings (SSSR count). The Morgan fingerprint density at radius 1 is 1.12 bits per heavy atom. The van der Waals surface area contributed by atoms with Crippen molar-refractivity contribution in [1.29, 1.82) is 0 Å². The van der Waals surface area contributed by atoms with Crippen LogP contribution in [0.4, 0.5) is 14.9 Å². The maximum absolute atomic E-state index is 12.5. The minimum Gasteiger partial charge on any atom is -0.496 e. The first-order chi connectivity index (χ1) is 16.0. The van der Waals surface area contributed by atoms with Gasteiger partial charge in [0.25, 0.3) is 5.91 Å². The van der Waals surface area contributed by atoms with Crippen molar-refractivity contribution in [3.05, 3.63) is 53.7 Å². The van der Waals surface area contributed by atoms with E-state index < -0.39 is 12.6 Å². The first-order valence-corrected chi connectivity index (χ1v) is 11.8. The van der Waals surface area contributed by atoms with E-state index in [2.05, 4.69) is 43.5 Å². The lowest BCUT2D eigenvalue weighted by Crippen LogP contribution is -2.28. The van der Waals surface area contributed by atoms with E-state index in [-0.39, 0.29) is 18.1 Å². The molecule has 3 N–H and O–H groups in total. The van der Waals surface area contributed by atoms with Crippen molar-refractivity contribution in [2.75, 3.05) is 32.2 Å². The number of fused-ring (bicyclic) bond motifs is 1. The molecule has 3 amide bonds. The van der Waals surface area contributed by atoms with Crippen LogP contribution in [0.3, 0.4) is 0 Å². The number of nitrogens with zero attached hydrogens (tertiary/aromatic N) is 1. The third-order valence-electron chi connectivity index (χ3n) is 4.68. The summed E-state index contributed by atoms with van der Waals surface area (Å²) >= 11 is 2.22. The highest BCUT2D eigenvalue weighted by Gasteiger charge is 2.17. The number of methoxy groups -OCH3 is 1. The largest absolute Gasteiger partial charge is 0.496 e. The Hall–Kier alpha value is -3.15. The summed E-state index contributed by atoms with van der Waals surface area (Å²) in [4.78, 5) is 28.7. The fourth-order valence-electron chi connectivity index (χ4n) is 3.16. The number of halogens is 2. The van der Waals surface area contributed by atoms with Gasteiger partial charge in [0.1, 0.15) is 23.9 Å². The molecule has 0 unspecified atom stereocenters. The number of hydrogen-bond acceptors (Lipinski definition) is 5. The van der Waals surface area contributed by atoms with E-state index in [0.717, 1.165) is 5.56 Å². The van der Waals surface area contributed by atoms with Crippen LogP contribution in [0, 0.1) is 0 Å². The minimum atomic E-state index is -0.665. The molecular formula is C23H24FIN4O4. The third-order valence-corrected chi connectivity index (χ3v) is 5.50. The van der Waals surface area contributed by atoms with Gasteiger partial charge in [-0.25, -0.2) is 9.18 Å². The molecule has 0 bridgehead atoms. The fourth-order valence-corrected chi connectivity index (χ4v) is 3.79. The number of benzene rings is 2. The van der Waals surface area contributed by atoms with Crippen LogP contribution in [0.15, 0.2) is 42.6 Å². The van der Waals surface area contributed by atoms with Crippen LogP contribution in [0.2, 0.25) is 0 Å². The number of nitrogens with one attached hydrogen (secondary N) is 3. The Morgan fingerprint density at radius 3 is 2.64 bits per heavy atom. The quantitative estimate of drug-likeness (QED) is 0.255. The summed E-state index contributed by atoms with van der Waals surface area (Å²) in [6, 6.07) is 10.1. The number of rotatable bonds is 9. The molecule has 0 radical (unpaired) electrons. The number of carbonyl (C=O) groups excluding carboxylic acids is 2. The van der Waals surface area contributed by atoms with Crippen LogP contribution in [0.5, 0.6) is 17.2 Å². The topological polar surface area (TPSA) is 102 Å². The predicted molar refractivity (Wildman–Crippen MR) is 134 cm³/mol. The summed E-state index contributed by atoms with van der Waals surface area (Å²) < 4.78 is 24.6. The van der Waals surface area contributed by atoms with Gasteiger partial charge in [-0.1, -0.05) is 22.6 Å². The molecule has 0 aliphatic rings. The Labute approximate surface area is 204 Å². The van der Waals surface area contributed by atoms with Gasteiger partial charge < -0.3 is 25.4 Å². The van der Waals surface area contributed by atoms with Crippen molar-refractivity contribution in [2.24, 2.45) is 0 Å². The predicted octanol–water partition coefficient (Wildman–Crippen LogP) is 4.81. The summed E-state index contributed by atoms with van der Waals surface area (Å²) in [5.74, 6) is 0.937. The second kappa shape index (κ2) is 11.6. The average molecular weight is 566 g/mol. The minimum absolute atomic E-state index is 0.0911. The highest BCUT2D eigenvalue weighted by molar-refractivity contribution is 14.1. The first-order valence-electron chi connectivity index (χ1n) is 10.2. The van der Waals surface area contributed by atoms with Gasteiger partial charge in [0.05, 0.1) is 18.2 Å². The summed E-state index contributed by atoms with van der Waals surface area (Å²) in [6.45, 7) is 1.62. The summed E-state index contributed by atoms with van der Waals surface area (Å²) in [5, 5.41) is 8.64. The van der Waals surface area contributed by atoms with Crippen molar-refractivity contribution >= 4 is 51.1 Å². The highest BCUT2D eigenvalue weighted by Crippen LogP contribution is 2.34. The van der Waals surface area contributed by atoms with Gasteiger partial charge in [-0.05, 0) is 42.8 Å². The summed E-state index contributed by atoms with van der Waals surface area (Å²) in [6.07, 6.45) is 1.60. The first kappa shape index (κ1) is 24.5. The molecule has 0 saturated heterocycles. The highest BCUT2D eigenvalue weighted by atomic mass is 127. The van der Waals surface area contributed by atoms with Crippen molar-refractivity contribution in [1.82, 2.24) is 15.6 Å². The number of aromatic nitrogens is 1. The van der Waals surface area contributed by atoms with Gasteiger partial charge in [-0.15, -0.1) is 0 Å². The molecule has 33 heavy (non-hydrogen) atoms. The van der Waals surface area contributed by atoms with Gasteiger partial charge in [0.2, 0.25) is 0 Å². The van der Waals surface area contributed by atoms with Crippen molar-refractivity contribution < 1.29 is 23.5 Å². The van der Waals surface area contributed by atoms with Crippen molar-refractivity contribution in [2.45, 2.75) is 11.4 Å². The van der Waals surface area contributed by atoms with E-state index in [1.165, 1.54) is 7.11 Å². The number of anilines is 1. The number of hydrogen-bond donors (Lipinski definition) is 3. The van der Waals surface area contributed by atoms with E-state index in [4.69, 9.17) is 9.47 Å². The SMILES string of the molecule is CCNC(=O)Nc1ccc(Oc2ccnc3cc(OC)c(C(=O)NCCF)cc23)cc1CI. The Kier molecular flexibility index (Phi) is 8.64. The summed E-state index contributed by atoms with van der Waals surface area (Å²) in [7, 11) is 1.45. The molecular weight excluding hydrogens is 542 g/mol. The monoisotopic (exact) mass is 566 g/mol. The van der Waals surface area contributed by atoms with Crippen molar-refractivity contribution in [3.8, 4) is 17.2 Å². The van der Waals surface area contributed by atoms with Crippen molar-refractivity contribution in [3.63, 3.8) is 0 Å². The zero-order chi connectivity index (χ0) is 23.8. The summed E-state index contributed by atoms with van der Waals surface area (Å²) in [5.41, 5.74) is 2.42. The van der Waals surface area contributed by atoms with Gasteiger partial charge in [0, 0.05) is 40.9 Å². The van der Waals surface area contributed by atoms with Gasteiger partial charge in [-0.2, -0.15) is 0 Å². The van der Waals surface area contributed by atoms with Crippen LogP contribution >= 0.6 is 22.6 Å². The standard InChI is InChI=1S/C23H24FIN4O4/c1-3-26-23(31)29-18-5-4-15(10-14(18)13-25)33-20-6-8-27-19-12-21(32-2)17(11-16(19)20)22(30)28-9-7-24/h4-6,8,10-12H,3,7,9,13H2,1-2H3,(H,28,30)(H2,26,29,31). The molecule has 1 aromatic heterocycles. The number of pyridine rings is 1. The molecule has 0 spiro atoms. The zero-order valence-electron chi connectivity index (χ0n) is 18.2. The number of urea groups is 1. The number of carbonyl (C=O) groups is 2. The van der Waals surface area contributed by atoms with Gasteiger partial charge in [-0.3, -0.25) is 9.78 Å². The van der Waals surface area contributed by atoms with Gasteiger partial charge >= 0.3 is 6.03 Å². The molecule has 0 fully saturated rings. The van der Waals surface area contributed by atoms with Crippen LogP contribution in [0.1, 0.15) is 22.8 Å². The second-order valence-electron chi connectivity index (χ2n) is 6.86. The molecule has 174 valence electrons. The third kappa shape index (κ3) is 6.01.